The van der Waals surface area contributed by atoms with Gasteiger partial charge in [0.1, 0.15) is 6.61 Å². The Balaban J connectivity index is 2.13. The molecule has 0 amide bonds. The Morgan fingerprint density at radius 1 is 1.33 bits per heavy atom. The van der Waals surface area contributed by atoms with E-state index in [1.807, 2.05) is 30.3 Å². The van der Waals surface area contributed by atoms with E-state index in [0.29, 0.717) is 0 Å². The van der Waals surface area contributed by atoms with E-state index in [1.165, 1.54) is 0 Å². The lowest BCUT2D eigenvalue weighted by Crippen LogP contribution is -2.04. The zero-order chi connectivity index (χ0) is 15.2. The fourth-order valence-electron chi connectivity index (χ4n) is 1.66. The van der Waals surface area contributed by atoms with Gasteiger partial charge in [0.15, 0.2) is 5.76 Å². The first kappa shape index (κ1) is 14.6. The Hall–Kier alpha value is -2.76. The highest BCUT2D eigenvalue weighted by atomic mass is 16.6. The van der Waals surface area contributed by atoms with E-state index >= 15 is 0 Å². The molecule has 110 valence electrons. The molecule has 0 saturated carbocycles. The third kappa shape index (κ3) is 3.62. The Morgan fingerprint density at radius 3 is 2.71 bits per heavy atom. The Labute approximate surface area is 121 Å². The summed E-state index contributed by atoms with van der Waals surface area (Å²) in [5.41, 5.74) is 0.840. The van der Waals surface area contributed by atoms with Gasteiger partial charge in [-0.05, 0) is 12.5 Å². The summed E-state index contributed by atoms with van der Waals surface area (Å²) in [6.45, 7) is 1.96. The lowest BCUT2D eigenvalue weighted by molar-refractivity contribution is -0.137. The molecule has 1 aliphatic heterocycles. The number of carbonyl (C=O) groups excluding carboxylic acids is 2. The van der Waals surface area contributed by atoms with Crippen LogP contribution in [0.4, 0.5) is 0 Å². The standard InChI is InChI=1S/C15H14O6/c1-2-19-12(16)8-11-14(13(17)15(18)21-11)20-9-10-6-4-3-5-7-10/h3-8,17H,2,9H2,1H3/b11-8-. The van der Waals surface area contributed by atoms with Crippen molar-refractivity contribution in [1.29, 1.82) is 0 Å². The molecule has 1 heterocycles. The van der Waals surface area contributed by atoms with Crippen molar-refractivity contribution in [2.24, 2.45) is 0 Å². The number of aliphatic hydroxyl groups is 1. The summed E-state index contributed by atoms with van der Waals surface area (Å²) in [7, 11) is 0. The van der Waals surface area contributed by atoms with Crippen LogP contribution in [-0.4, -0.2) is 23.7 Å². The third-order valence-electron chi connectivity index (χ3n) is 2.60. The minimum Gasteiger partial charge on any atom is -0.499 e. The molecule has 0 fully saturated rings. The molecule has 0 saturated heterocycles. The second-order valence-electron chi connectivity index (χ2n) is 4.10. The Morgan fingerprint density at radius 2 is 2.05 bits per heavy atom. The zero-order valence-corrected chi connectivity index (χ0v) is 11.4. The maximum atomic E-state index is 11.4. The highest BCUT2D eigenvalue weighted by molar-refractivity contribution is 5.93. The average molecular weight is 290 g/mol. The molecule has 1 aliphatic rings. The Bertz CT molecular complexity index is 600. The number of cyclic esters (lactones) is 1. The largest absolute Gasteiger partial charge is 0.499 e. The van der Waals surface area contributed by atoms with Gasteiger partial charge in [-0.1, -0.05) is 30.3 Å². The van der Waals surface area contributed by atoms with Crippen LogP contribution in [0.15, 0.2) is 53.7 Å². The summed E-state index contributed by atoms with van der Waals surface area (Å²) in [6.07, 6.45) is 0.963. The first-order valence-corrected chi connectivity index (χ1v) is 6.32. The van der Waals surface area contributed by atoms with Crippen molar-refractivity contribution in [2.45, 2.75) is 13.5 Å². The number of carbonyl (C=O) groups is 2. The second kappa shape index (κ2) is 6.60. The first-order valence-electron chi connectivity index (χ1n) is 6.32. The van der Waals surface area contributed by atoms with Gasteiger partial charge in [0.25, 0.3) is 0 Å². The van der Waals surface area contributed by atoms with Gasteiger partial charge < -0.3 is 19.3 Å². The van der Waals surface area contributed by atoms with Crippen molar-refractivity contribution in [3.63, 3.8) is 0 Å². The fraction of sp³-hybridized carbons (Fsp3) is 0.200. The maximum absolute atomic E-state index is 11.4. The lowest BCUT2D eigenvalue weighted by Gasteiger charge is -2.07. The Kier molecular flexibility index (Phi) is 4.61. The molecular weight excluding hydrogens is 276 g/mol. The summed E-state index contributed by atoms with van der Waals surface area (Å²) in [6, 6.07) is 9.17. The molecule has 0 aromatic heterocycles. The molecule has 1 aromatic carbocycles. The molecule has 0 bridgehead atoms. The normalized spacial score (nSPS) is 16.0. The van der Waals surface area contributed by atoms with Crippen LogP contribution in [0.3, 0.4) is 0 Å². The molecule has 2 rings (SSSR count). The highest BCUT2D eigenvalue weighted by Crippen LogP contribution is 2.26. The van der Waals surface area contributed by atoms with Crippen LogP contribution in [0.25, 0.3) is 0 Å². The summed E-state index contributed by atoms with van der Waals surface area (Å²) in [5, 5.41) is 9.64. The van der Waals surface area contributed by atoms with Crippen LogP contribution in [-0.2, 0) is 30.4 Å². The van der Waals surface area contributed by atoms with Crippen LogP contribution in [0.2, 0.25) is 0 Å². The number of hydrogen-bond acceptors (Lipinski definition) is 6. The molecule has 0 aliphatic carbocycles. The zero-order valence-electron chi connectivity index (χ0n) is 11.4. The molecule has 21 heavy (non-hydrogen) atoms. The number of aliphatic hydroxyl groups excluding tert-OH is 1. The van der Waals surface area contributed by atoms with Crippen molar-refractivity contribution in [1.82, 2.24) is 0 Å². The van der Waals surface area contributed by atoms with Gasteiger partial charge in [-0.2, -0.15) is 0 Å². The van der Waals surface area contributed by atoms with E-state index in [9.17, 15) is 14.7 Å². The van der Waals surface area contributed by atoms with E-state index < -0.39 is 17.7 Å². The van der Waals surface area contributed by atoms with Gasteiger partial charge in [-0.25, -0.2) is 9.59 Å². The van der Waals surface area contributed by atoms with Gasteiger partial charge in [-0.15, -0.1) is 0 Å². The van der Waals surface area contributed by atoms with Crippen LogP contribution < -0.4 is 0 Å². The summed E-state index contributed by atoms with van der Waals surface area (Å²) >= 11 is 0. The predicted octanol–water partition coefficient (Wildman–Crippen LogP) is 1.98. The minimum atomic E-state index is -0.964. The SMILES string of the molecule is CCOC(=O)/C=C1\OC(=O)C(O)=C1OCc1ccccc1. The van der Waals surface area contributed by atoms with E-state index in [1.54, 1.807) is 6.92 Å². The van der Waals surface area contributed by atoms with Crippen molar-refractivity contribution in [2.75, 3.05) is 6.61 Å². The predicted molar refractivity (Wildman–Crippen MR) is 71.7 cm³/mol. The fourth-order valence-corrected chi connectivity index (χ4v) is 1.66. The van der Waals surface area contributed by atoms with Crippen molar-refractivity contribution >= 4 is 11.9 Å². The maximum Gasteiger partial charge on any atom is 0.383 e. The molecule has 0 radical (unpaired) electrons. The van der Waals surface area contributed by atoms with Crippen molar-refractivity contribution < 1.29 is 28.9 Å². The third-order valence-corrected chi connectivity index (χ3v) is 2.60. The molecule has 1 aromatic rings. The van der Waals surface area contributed by atoms with E-state index in [0.717, 1.165) is 11.6 Å². The summed E-state index contributed by atoms with van der Waals surface area (Å²) in [4.78, 5) is 22.7. The number of benzene rings is 1. The number of hydrogen-bond donors (Lipinski definition) is 1. The number of ether oxygens (including phenoxy) is 3. The van der Waals surface area contributed by atoms with Crippen LogP contribution >= 0.6 is 0 Å². The monoisotopic (exact) mass is 290 g/mol. The van der Waals surface area contributed by atoms with Crippen LogP contribution in [0.5, 0.6) is 0 Å². The van der Waals surface area contributed by atoms with Gasteiger partial charge in [-0.3, -0.25) is 0 Å². The quantitative estimate of drug-likeness (QED) is 0.659. The highest BCUT2D eigenvalue weighted by Gasteiger charge is 2.32. The molecule has 0 spiro atoms. The average Bonchev–Trinajstić information content (AvgIpc) is 2.73. The smallest absolute Gasteiger partial charge is 0.383 e. The molecule has 0 atom stereocenters. The van der Waals surface area contributed by atoms with Crippen LogP contribution in [0, 0.1) is 0 Å². The lowest BCUT2D eigenvalue weighted by atomic mass is 10.2. The number of esters is 2. The second-order valence-corrected chi connectivity index (χ2v) is 4.10. The van der Waals surface area contributed by atoms with E-state index in [4.69, 9.17) is 14.2 Å². The minimum absolute atomic E-state index is 0.122. The molecule has 6 heteroatoms. The van der Waals surface area contributed by atoms with Gasteiger partial charge in [0.05, 0.1) is 12.7 Å². The number of rotatable bonds is 5. The van der Waals surface area contributed by atoms with Crippen molar-refractivity contribution in [3.05, 3.63) is 59.2 Å². The topological polar surface area (TPSA) is 82.1 Å². The van der Waals surface area contributed by atoms with Gasteiger partial charge >= 0.3 is 11.9 Å². The van der Waals surface area contributed by atoms with E-state index in [2.05, 4.69) is 0 Å². The van der Waals surface area contributed by atoms with Gasteiger partial charge in [0.2, 0.25) is 11.5 Å². The molecule has 1 N–H and O–H groups in total. The molecular formula is C15H14O6. The van der Waals surface area contributed by atoms with Gasteiger partial charge in [0, 0.05) is 0 Å². The van der Waals surface area contributed by atoms with E-state index in [-0.39, 0.29) is 24.7 Å². The summed E-state index contributed by atoms with van der Waals surface area (Å²) < 4.78 is 14.9. The summed E-state index contributed by atoms with van der Waals surface area (Å²) in [5.74, 6) is -2.64. The van der Waals surface area contributed by atoms with Crippen molar-refractivity contribution in [3.8, 4) is 0 Å². The first-order chi connectivity index (χ1) is 10.1. The molecule has 6 nitrogen and oxygen atoms in total. The van der Waals surface area contributed by atoms with Crippen LogP contribution in [0.1, 0.15) is 12.5 Å². The molecule has 0 unspecified atom stereocenters.